The molecule has 1 aromatic heterocycles. The van der Waals surface area contributed by atoms with E-state index >= 15 is 0 Å². The fourth-order valence-electron chi connectivity index (χ4n) is 4.45. The molecule has 0 amide bonds. The van der Waals surface area contributed by atoms with Crippen molar-refractivity contribution in [3.05, 3.63) is 89.7 Å². The van der Waals surface area contributed by atoms with Crippen molar-refractivity contribution in [3.8, 4) is 6.07 Å². The Morgan fingerprint density at radius 1 is 0.972 bits per heavy atom. The van der Waals surface area contributed by atoms with Crippen LogP contribution in [0.15, 0.2) is 82.8 Å². The van der Waals surface area contributed by atoms with Crippen LogP contribution in [-0.2, 0) is 33.0 Å². The standard InChI is InChI=1S/C26H28N4O4S2/c1-35(31,32)25-8-3-9-26(16-25)36(33,34)30(20-23-7-4-12-28-18-23)24-10-13-29(14-11-24)19-22-6-2-5-21(15-22)17-27/h2-9,12,15-16,18,24H,10-11,13-14,19-20H2,1H3. The average Bonchev–Trinajstić information content (AvgIpc) is 2.88. The molecule has 36 heavy (non-hydrogen) atoms. The molecule has 3 aromatic rings. The topological polar surface area (TPSA) is 111 Å². The van der Waals surface area contributed by atoms with Crippen LogP contribution < -0.4 is 0 Å². The van der Waals surface area contributed by atoms with E-state index in [2.05, 4.69) is 16.0 Å². The van der Waals surface area contributed by atoms with Crippen molar-refractivity contribution in [3.63, 3.8) is 0 Å². The van der Waals surface area contributed by atoms with Crippen LogP contribution in [0.2, 0.25) is 0 Å². The van der Waals surface area contributed by atoms with E-state index < -0.39 is 19.9 Å². The normalized spacial score (nSPS) is 15.6. The minimum absolute atomic E-state index is 0.0284. The molecule has 0 radical (unpaired) electrons. The first-order valence-electron chi connectivity index (χ1n) is 11.6. The summed E-state index contributed by atoms with van der Waals surface area (Å²) in [6.45, 7) is 2.23. The van der Waals surface area contributed by atoms with Crippen LogP contribution in [0.5, 0.6) is 0 Å². The van der Waals surface area contributed by atoms with Gasteiger partial charge in [0.1, 0.15) is 0 Å². The molecule has 2 aromatic carbocycles. The molecule has 8 nitrogen and oxygen atoms in total. The molecular formula is C26H28N4O4S2. The second-order valence-corrected chi connectivity index (χ2v) is 12.9. The van der Waals surface area contributed by atoms with Crippen LogP contribution in [0.1, 0.15) is 29.5 Å². The number of nitriles is 1. The summed E-state index contributed by atoms with van der Waals surface area (Å²) in [6, 6.07) is 18.6. The Bertz CT molecular complexity index is 1460. The van der Waals surface area contributed by atoms with Crippen molar-refractivity contribution in [1.29, 1.82) is 5.26 Å². The maximum absolute atomic E-state index is 13.8. The lowest BCUT2D eigenvalue weighted by atomic mass is 10.0. The van der Waals surface area contributed by atoms with E-state index in [0.717, 1.165) is 17.4 Å². The molecule has 0 bridgehead atoms. The first-order valence-corrected chi connectivity index (χ1v) is 14.9. The number of nitrogens with zero attached hydrogens (tertiary/aromatic N) is 4. The minimum atomic E-state index is -3.98. The smallest absolute Gasteiger partial charge is 0.243 e. The largest absolute Gasteiger partial charge is 0.299 e. The highest BCUT2D eigenvalue weighted by molar-refractivity contribution is 7.91. The highest BCUT2D eigenvalue weighted by atomic mass is 32.2. The van der Waals surface area contributed by atoms with E-state index in [1.165, 1.54) is 28.6 Å². The van der Waals surface area contributed by atoms with Crippen molar-refractivity contribution >= 4 is 19.9 Å². The van der Waals surface area contributed by atoms with Crippen LogP contribution in [0, 0.1) is 11.3 Å². The maximum Gasteiger partial charge on any atom is 0.243 e. The lowest BCUT2D eigenvalue weighted by Gasteiger charge is -2.38. The quantitative estimate of drug-likeness (QED) is 0.445. The third kappa shape index (κ3) is 6.17. The van der Waals surface area contributed by atoms with Gasteiger partial charge < -0.3 is 0 Å². The van der Waals surface area contributed by atoms with E-state index in [0.29, 0.717) is 38.0 Å². The first kappa shape index (κ1) is 26.0. The number of hydrogen-bond donors (Lipinski definition) is 0. The van der Waals surface area contributed by atoms with Crippen molar-refractivity contribution in [2.45, 2.75) is 41.8 Å². The molecule has 1 aliphatic heterocycles. The maximum atomic E-state index is 13.8. The zero-order chi connectivity index (χ0) is 25.8. The highest BCUT2D eigenvalue weighted by Gasteiger charge is 2.34. The number of likely N-dealkylation sites (tertiary alicyclic amines) is 1. The Balaban J connectivity index is 1.57. The number of piperidine rings is 1. The summed E-state index contributed by atoms with van der Waals surface area (Å²) in [5.41, 5.74) is 2.42. The SMILES string of the molecule is CS(=O)(=O)c1cccc(S(=O)(=O)N(Cc2cccnc2)C2CCN(Cc3cccc(C#N)c3)CC2)c1. The van der Waals surface area contributed by atoms with Crippen LogP contribution >= 0.6 is 0 Å². The summed E-state index contributed by atoms with van der Waals surface area (Å²) < 4.78 is 53.3. The minimum Gasteiger partial charge on any atom is -0.299 e. The lowest BCUT2D eigenvalue weighted by Crippen LogP contribution is -2.46. The highest BCUT2D eigenvalue weighted by Crippen LogP contribution is 2.28. The van der Waals surface area contributed by atoms with Gasteiger partial charge in [-0.05, 0) is 60.4 Å². The summed E-state index contributed by atoms with van der Waals surface area (Å²) in [5.74, 6) is 0. The van der Waals surface area contributed by atoms with Gasteiger partial charge in [-0.3, -0.25) is 9.88 Å². The molecule has 0 atom stereocenters. The first-order chi connectivity index (χ1) is 17.2. The number of aromatic nitrogens is 1. The molecule has 0 N–H and O–H groups in total. The molecule has 10 heteroatoms. The lowest BCUT2D eigenvalue weighted by molar-refractivity contribution is 0.150. The average molecular weight is 525 g/mol. The molecule has 0 aliphatic carbocycles. The fourth-order valence-corrected chi connectivity index (χ4v) is 6.91. The van der Waals surface area contributed by atoms with Gasteiger partial charge in [0.15, 0.2) is 9.84 Å². The number of sulfonamides is 1. The van der Waals surface area contributed by atoms with Gasteiger partial charge >= 0.3 is 0 Å². The van der Waals surface area contributed by atoms with E-state index in [1.807, 2.05) is 24.3 Å². The van der Waals surface area contributed by atoms with E-state index in [9.17, 15) is 16.8 Å². The van der Waals surface area contributed by atoms with Crippen molar-refractivity contribution in [1.82, 2.24) is 14.2 Å². The number of benzene rings is 2. The number of rotatable bonds is 8. The molecule has 1 aliphatic rings. The van der Waals surface area contributed by atoms with Gasteiger partial charge in [-0.15, -0.1) is 0 Å². The van der Waals surface area contributed by atoms with Crippen LogP contribution in [-0.4, -0.2) is 56.4 Å². The molecule has 1 saturated heterocycles. The summed E-state index contributed by atoms with van der Waals surface area (Å²) >= 11 is 0. The molecule has 2 heterocycles. The van der Waals surface area contributed by atoms with Gasteiger partial charge in [0.25, 0.3) is 0 Å². The third-order valence-electron chi connectivity index (χ3n) is 6.33. The van der Waals surface area contributed by atoms with E-state index in [-0.39, 0.29) is 22.4 Å². The fraction of sp³-hybridized carbons (Fsp3) is 0.308. The Labute approximate surface area is 212 Å². The van der Waals surface area contributed by atoms with Crippen molar-refractivity contribution < 1.29 is 16.8 Å². The molecule has 1 fully saturated rings. The molecule has 188 valence electrons. The molecule has 4 rings (SSSR count). The van der Waals surface area contributed by atoms with Gasteiger partial charge in [-0.25, -0.2) is 16.8 Å². The summed E-state index contributed by atoms with van der Waals surface area (Å²) in [7, 11) is -7.54. The summed E-state index contributed by atoms with van der Waals surface area (Å²) in [5, 5.41) is 9.15. The predicted molar refractivity (Wildman–Crippen MR) is 136 cm³/mol. The Kier molecular flexibility index (Phi) is 7.85. The summed E-state index contributed by atoms with van der Waals surface area (Å²) in [6.07, 6.45) is 5.60. The van der Waals surface area contributed by atoms with Gasteiger partial charge in [0.2, 0.25) is 10.0 Å². The Morgan fingerprint density at radius 2 is 1.67 bits per heavy atom. The van der Waals surface area contributed by atoms with Gasteiger partial charge in [0, 0.05) is 50.9 Å². The molecule has 0 saturated carbocycles. The predicted octanol–water partition coefficient (Wildman–Crippen LogP) is 3.21. The number of sulfone groups is 1. The van der Waals surface area contributed by atoms with E-state index in [4.69, 9.17) is 5.26 Å². The van der Waals surface area contributed by atoms with Gasteiger partial charge in [0.05, 0.1) is 21.4 Å². The number of pyridine rings is 1. The van der Waals surface area contributed by atoms with Crippen molar-refractivity contribution in [2.24, 2.45) is 0 Å². The number of hydrogen-bond acceptors (Lipinski definition) is 7. The van der Waals surface area contributed by atoms with Crippen LogP contribution in [0.25, 0.3) is 0 Å². The summed E-state index contributed by atoms with van der Waals surface area (Å²) in [4.78, 5) is 6.32. The zero-order valence-electron chi connectivity index (χ0n) is 20.0. The Hall–Kier alpha value is -3.10. The third-order valence-corrected chi connectivity index (χ3v) is 9.33. The molecule has 0 spiro atoms. The van der Waals surface area contributed by atoms with Crippen LogP contribution in [0.4, 0.5) is 0 Å². The van der Waals surface area contributed by atoms with Crippen LogP contribution in [0.3, 0.4) is 0 Å². The monoisotopic (exact) mass is 524 g/mol. The van der Waals surface area contributed by atoms with Crippen molar-refractivity contribution in [2.75, 3.05) is 19.3 Å². The Morgan fingerprint density at radius 3 is 2.33 bits per heavy atom. The molecular weight excluding hydrogens is 496 g/mol. The second kappa shape index (κ2) is 10.9. The van der Waals surface area contributed by atoms with Gasteiger partial charge in [-0.2, -0.15) is 9.57 Å². The second-order valence-electron chi connectivity index (χ2n) is 8.98. The molecule has 0 unspecified atom stereocenters. The van der Waals surface area contributed by atoms with E-state index in [1.54, 1.807) is 24.5 Å². The van der Waals surface area contributed by atoms with Gasteiger partial charge in [-0.1, -0.05) is 24.3 Å². The zero-order valence-corrected chi connectivity index (χ0v) is 21.6.